The topological polar surface area (TPSA) is 24.5 Å². The molecule has 0 aliphatic heterocycles. The summed E-state index contributed by atoms with van der Waals surface area (Å²) in [4.78, 5) is 2.26. The zero-order valence-electron chi connectivity index (χ0n) is 14.6. The molecule has 0 amide bonds. The molecule has 22 heavy (non-hydrogen) atoms. The molecule has 0 aromatic heterocycles. The zero-order valence-corrected chi connectivity index (χ0v) is 14.6. The Balaban J connectivity index is 2.72. The third kappa shape index (κ3) is 5.66. The summed E-state index contributed by atoms with van der Waals surface area (Å²) >= 11 is 0. The van der Waals surface area contributed by atoms with E-state index in [2.05, 4.69) is 67.9 Å². The van der Waals surface area contributed by atoms with E-state index in [1.807, 2.05) is 7.05 Å². The number of ether oxygens (including phenoxy) is 1. The smallest absolute Gasteiger partial charge is 0.126 e. The minimum atomic E-state index is 0.0669. The van der Waals surface area contributed by atoms with Crippen molar-refractivity contribution in [3.05, 3.63) is 53.7 Å². The van der Waals surface area contributed by atoms with Gasteiger partial charge in [-0.1, -0.05) is 42.5 Å². The average molecular weight is 302 g/mol. The Morgan fingerprint density at radius 1 is 1.36 bits per heavy atom. The molecule has 0 saturated heterocycles. The summed E-state index contributed by atoms with van der Waals surface area (Å²) < 4.78 is 5.47. The van der Waals surface area contributed by atoms with Crippen molar-refractivity contribution in [1.29, 1.82) is 0 Å². The Bertz CT molecular complexity index is 491. The van der Waals surface area contributed by atoms with Crippen LogP contribution in [-0.4, -0.2) is 38.4 Å². The van der Waals surface area contributed by atoms with Crippen molar-refractivity contribution in [2.45, 2.75) is 33.4 Å². The third-order valence-electron chi connectivity index (χ3n) is 3.94. The van der Waals surface area contributed by atoms with Gasteiger partial charge in [-0.2, -0.15) is 0 Å². The van der Waals surface area contributed by atoms with Crippen LogP contribution in [0.15, 0.2) is 42.6 Å². The maximum absolute atomic E-state index is 5.47. The van der Waals surface area contributed by atoms with Crippen molar-refractivity contribution in [1.82, 2.24) is 10.2 Å². The molecular formula is C19H30N2O. The summed E-state index contributed by atoms with van der Waals surface area (Å²) in [5.74, 6) is 0. The van der Waals surface area contributed by atoms with Crippen LogP contribution in [-0.2, 0) is 4.74 Å². The highest BCUT2D eigenvalue weighted by atomic mass is 16.5. The van der Waals surface area contributed by atoms with Crippen LogP contribution in [0.3, 0.4) is 0 Å². The van der Waals surface area contributed by atoms with Gasteiger partial charge in [0.2, 0.25) is 0 Å². The number of allylic oxidation sites excluding steroid dienone is 3. The van der Waals surface area contributed by atoms with Crippen molar-refractivity contribution < 1.29 is 4.74 Å². The van der Waals surface area contributed by atoms with Crippen LogP contribution in [0.1, 0.15) is 31.4 Å². The van der Waals surface area contributed by atoms with E-state index in [9.17, 15) is 0 Å². The number of benzene rings is 1. The molecule has 1 aromatic rings. The van der Waals surface area contributed by atoms with E-state index >= 15 is 0 Å². The lowest BCUT2D eigenvalue weighted by atomic mass is 10.0. The van der Waals surface area contributed by atoms with E-state index in [0.29, 0.717) is 0 Å². The molecule has 122 valence electrons. The maximum Gasteiger partial charge on any atom is 0.126 e. The average Bonchev–Trinajstić information content (AvgIpc) is 2.53. The van der Waals surface area contributed by atoms with Crippen molar-refractivity contribution in [2.24, 2.45) is 0 Å². The number of nitrogens with one attached hydrogen (secondary N) is 1. The second-order valence-electron chi connectivity index (χ2n) is 5.65. The van der Waals surface area contributed by atoms with Gasteiger partial charge in [0.05, 0.1) is 0 Å². The molecule has 0 saturated carbocycles. The Labute approximate surface area is 135 Å². The summed E-state index contributed by atoms with van der Waals surface area (Å²) in [7, 11) is 3.71. The Hall–Kier alpha value is -1.58. The van der Waals surface area contributed by atoms with Gasteiger partial charge in [-0.05, 0) is 45.4 Å². The predicted octanol–water partition coefficient (Wildman–Crippen LogP) is 3.82. The van der Waals surface area contributed by atoms with Crippen LogP contribution in [0.25, 0.3) is 5.57 Å². The summed E-state index contributed by atoms with van der Waals surface area (Å²) in [5.41, 5.74) is 4.84. The fourth-order valence-electron chi connectivity index (χ4n) is 2.30. The van der Waals surface area contributed by atoms with Crippen LogP contribution in [0.4, 0.5) is 0 Å². The van der Waals surface area contributed by atoms with Gasteiger partial charge in [0.1, 0.15) is 6.23 Å². The standard InChI is InChI=1S/C19H30N2O/c1-15-7-11-19(12-8-15)16(2)9-10-17(3)21(14-13-20-5)18(4)22-6/h7-8,10-12,18,20H,2,9,13-14H2,1,3-6H3/b17-10-. The van der Waals surface area contributed by atoms with Gasteiger partial charge in [0.15, 0.2) is 0 Å². The predicted molar refractivity (Wildman–Crippen MR) is 95.7 cm³/mol. The van der Waals surface area contributed by atoms with Gasteiger partial charge in [0.25, 0.3) is 0 Å². The first-order valence-corrected chi connectivity index (χ1v) is 7.85. The van der Waals surface area contributed by atoms with E-state index in [1.54, 1.807) is 7.11 Å². The molecule has 3 nitrogen and oxygen atoms in total. The molecule has 0 radical (unpaired) electrons. The molecule has 0 heterocycles. The number of nitrogens with zero attached hydrogens (tertiary/aromatic N) is 1. The molecule has 1 unspecified atom stereocenters. The van der Waals surface area contributed by atoms with Crippen molar-refractivity contribution in [3.8, 4) is 0 Å². The van der Waals surface area contributed by atoms with Gasteiger partial charge in [-0.3, -0.25) is 0 Å². The molecule has 0 aliphatic carbocycles. The summed E-state index contributed by atoms with van der Waals surface area (Å²) in [5, 5.41) is 3.19. The Morgan fingerprint density at radius 3 is 2.55 bits per heavy atom. The first kappa shape index (κ1) is 18.5. The molecule has 1 aromatic carbocycles. The molecule has 1 atom stereocenters. The van der Waals surface area contributed by atoms with Gasteiger partial charge in [0, 0.05) is 25.9 Å². The van der Waals surface area contributed by atoms with Crippen LogP contribution >= 0.6 is 0 Å². The lowest BCUT2D eigenvalue weighted by Crippen LogP contribution is -2.37. The second kappa shape index (κ2) is 9.44. The third-order valence-corrected chi connectivity index (χ3v) is 3.94. The van der Waals surface area contributed by atoms with Crippen molar-refractivity contribution in [2.75, 3.05) is 27.2 Å². The quantitative estimate of drug-likeness (QED) is 0.702. The van der Waals surface area contributed by atoms with Crippen LogP contribution in [0.2, 0.25) is 0 Å². The molecule has 0 bridgehead atoms. The monoisotopic (exact) mass is 302 g/mol. The van der Waals surface area contributed by atoms with Crippen LogP contribution in [0, 0.1) is 6.92 Å². The molecule has 0 spiro atoms. The number of methoxy groups -OCH3 is 1. The number of rotatable bonds is 9. The fraction of sp³-hybridized carbons (Fsp3) is 0.474. The van der Waals surface area contributed by atoms with Gasteiger partial charge < -0.3 is 15.0 Å². The summed E-state index contributed by atoms with van der Waals surface area (Å²) in [6, 6.07) is 8.53. The van der Waals surface area contributed by atoms with Crippen molar-refractivity contribution in [3.63, 3.8) is 0 Å². The number of hydrogen-bond acceptors (Lipinski definition) is 3. The Kier molecular flexibility index (Phi) is 7.92. The first-order chi connectivity index (χ1) is 10.5. The number of likely N-dealkylation sites (N-methyl/N-ethyl adjacent to an activating group) is 1. The lowest BCUT2D eigenvalue weighted by molar-refractivity contribution is 0.00255. The summed E-state index contributed by atoms with van der Waals surface area (Å²) in [6.07, 6.45) is 3.15. The molecule has 1 rings (SSSR count). The normalized spacial score (nSPS) is 13.0. The van der Waals surface area contributed by atoms with Gasteiger partial charge >= 0.3 is 0 Å². The number of hydrogen-bond donors (Lipinski definition) is 1. The zero-order chi connectivity index (χ0) is 16.5. The molecule has 3 heteroatoms. The van der Waals surface area contributed by atoms with E-state index < -0.39 is 0 Å². The second-order valence-corrected chi connectivity index (χ2v) is 5.65. The van der Waals surface area contributed by atoms with Crippen LogP contribution < -0.4 is 5.32 Å². The van der Waals surface area contributed by atoms with E-state index in [-0.39, 0.29) is 6.23 Å². The molecule has 0 fully saturated rings. The van der Waals surface area contributed by atoms with E-state index in [4.69, 9.17) is 4.74 Å². The van der Waals surface area contributed by atoms with Gasteiger partial charge in [-0.25, -0.2) is 0 Å². The minimum Gasteiger partial charge on any atom is -0.362 e. The molecular weight excluding hydrogens is 272 g/mol. The minimum absolute atomic E-state index is 0.0669. The van der Waals surface area contributed by atoms with Crippen molar-refractivity contribution >= 4 is 5.57 Å². The maximum atomic E-state index is 5.47. The van der Waals surface area contributed by atoms with Crippen LogP contribution in [0.5, 0.6) is 0 Å². The fourth-order valence-corrected chi connectivity index (χ4v) is 2.30. The largest absolute Gasteiger partial charge is 0.362 e. The molecule has 0 aliphatic rings. The Morgan fingerprint density at radius 2 is 2.00 bits per heavy atom. The summed E-state index contributed by atoms with van der Waals surface area (Å²) in [6.45, 7) is 12.4. The highest BCUT2D eigenvalue weighted by Crippen LogP contribution is 2.19. The van der Waals surface area contributed by atoms with Gasteiger partial charge in [-0.15, -0.1) is 0 Å². The van der Waals surface area contributed by atoms with E-state index in [0.717, 1.165) is 25.1 Å². The number of aryl methyl sites for hydroxylation is 1. The lowest BCUT2D eigenvalue weighted by Gasteiger charge is -2.31. The molecule has 1 N–H and O–H groups in total. The first-order valence-electron chi connectivity index (χ1n) is 7.85. The highest BCUT2D eigenvalue weighted by molar-refractivity contribution is 5.64. The SMILES string of the molecule is C=C(C/C=C(/C)N(CCNC)C(C)OC)c1ccc(C)cc1. The highest BCUT2D eigenvalue weighted by Gasteiger charge is 2.12. The van der Waals surface area contributed by atoms with E-state index in [1.165, 1.54) is 16.8 Å².